The van der Waals surface area contributed by atoms with Crippen LogP contribution in [0.1, 0.15) is 24.0 Å². The number of benzene rings is 3. The maximum absolute atomic E-state index is 13.7. The third-order valence-corrected chi connectivity index (χ3v) is 7.44. The molecule has 5 nitrogen and oxygen atoms in total. The maximum atomic E-state index is 13.7. The molecule has 1 atom stereocenters. The third kappa shape index (κ3) is 5.11. The number of ether oxygens (including phenoxy) is 1. The second kappa shape index (κ2) is 10.0. The van der Waals surface area contributed by atoms with Crippen molar-refractivity contribution in [2.75, 3.05) is 6.61 Å². The minimum absolute atomic E-state index is 0.0308. The average Bonchev–Trinajstić information content (AvgIpc) is 2.78. The van der Waals surface area contributed by atoms with Gasteiger partial charge in [-0.2, -0.15) is 0 Å². The van der Waals surface area contributed by atoms with E-state index in [4.69, 9.17) is 4.74 Å². The third-order valence-electron chi connectivity index (χ3n) is 4.83. The molecule has 0 fully saturated rings. The lowest BCUT2D eigenvalue weighted by Crippen LogP contribution is -2.41. The number of carbonyl (C=O) groups is 2. The Kier molecular flexibility index (Phi) is 7.41. The molecule has 3 aromatic carbocycles. The number of carbonyl (C=O) groups excluding carboxylic acids is 2. The summed E-state index contributed by atoms with van der Waals surface area (Å²) in [6.07, 6.45) is 0. The monoisotopic (exact) mass is 500 g/mol. The molecule has 0 amide bonds. The van der Waals surface area contributed by atoms with E-state index in [1.54, 1.807) is 79.7 Å². The number of ketones is 1. The highest BCUT2D eigenvalue weighted by Gasteiger charge is 2.45. The number of hydrogen-bond donors (Lipinski definition) is 0. The quantitative estimate of drug-likeness (QED) is 0.334. The topological polar surface area (TPSA) is 77.5 Å². The van der Waals surface area contributed by atoms with E-state index in [0.29, 0.717) is 15.6 Å². The van der Waals surface area contributed by atoms with Crippen LogP contribution in [0.3, 0.4) is 0 Å². The van der Waals surface area contributed by atoms with E-state index in [1.807, 2.05) is 0 Å². The van der Waals surface area contributed by atoms with Gasteiger partial charge in [0.05, 0.1) is 11.5 Å². The van der Waals surface area contributed by atoms with Crippen molar-refractivity contribution < 1.29 is 22.7 Å². The zero-order valence-electron chi connectivity index (χ0n) is 16.8. The van der Waals surface area contributed by atoms with Crippen LogP contribution in [0.4, 0.5) is 0 Å². The van der Waals surface area contributed by atoms with E-state index in [0.717, 1.165) is 0 Å². The summed E-state index contributed by atoms with van der Waals surface area (Å²) in [5.74, 6) is -3.15. The zero-order valence-corrected chi connectivity index (χ0v) is 19.2. The number of halogens is 1. The summed E-state index contributed by atoms with van der Waals surface area (Å²) in [6.45, 7) is 1.53. The van der Waals surface area contributed by atoms with Gasteiger partial charge in [0.15, 0.2) is 9.84 Å². The Morgan fingerprint density at radius 2 is 1.32 bits per heavy atom. The number of rotatable bonds is 8. The lowest BCUT2D eigenvalue weighted by atomic mass is 9.86. The van der Waals surface area contributed by atoms with E-state index in [2.05, 4.69) is 15.9 Å². The molecule has 1 unspecified atom stereocenters. The van der Waals surface area contributed by atoms with Gasteiger partial charge in [0.1, 0.15) is 5.25 Å². The minimum Gasteiger partial charge on any atom is -0.460 e. The molecule has 0 aromatic heterocycles. The smallest absolute Gasteiger partial charge is 0.376 e. The summed E-state index contributed by atoms with van der Waals surface area (Å²) in [5, 5.41) is -1.68. The van der Waals surface area contributed by atoms with Gasteiger partial charge in [-0.3, -0.25) is 4.79 Å². The number of sulfone groups is 1. The Morgan fingerprint density at radius 1 is 0.839 bits per heavy atom. The molecule has 0 saturated heterocycles. The van der Waals surface area contributed by atoms with Gasteiger partial charge in [-0.05, 0) is 42.3 Å². The molecular weight excluding hydrogens is 480 g/mol. The van der Waals surface area contributed by atoms with Crippen LogP contribution in [0, 0.1) is 0 Å². The summed E-state index contributed by atoms with van der Waals surface area (Å²) in [7, 11) is -4.25. The summed E-state index contributed by atoms with van der Waals surface area (Å²) in [5.41, 5.74) is 1.22. The van der Waals surface area contributed by atoms with E-state index in [1.165, 1.54) is 12.1 Å². The first-order valence-electron chi connectivity index (χ1n) is 9.66. The minimum atomic E-state index is -4.25. The summed E-state index contributed by atoms with van der Waals surface area (Å²) in [6, 6.07) is 23.7. The second-order valence-corrected chi connectivity index (χ2v) is 9.79. The highest BCUT2D eigenvalue weighted by molar-refractivity contribution is 9.10. The van der Waals surface area contributed by atoms with Crippen LogP contribution in [-0.2, 0) is 24.2 Å². The van der Waals surface area contributed by atoms with Crippen LogP contribution in [-0.4, -0.2) is 32.0 Å². The standard InChI is InChI=1S/C24H21BrO5S/c1-2-30-24(27)22(26)23(31(28,29)20-15-13-19(25)14-16-20)21(17-9-5-3-6-10-17)18-11-7-4-8-12-18/h3-16,21,23H,2H2,1H3. The van der Waals surface area contributed by atoms with Gasteiger partial charge in [0.2, 0.25) is 0 Å². The summed E-state index contributed by atoms with van der Waals surface area (Å²) < 4.78 is 33.1. The molecule has 0 aliphatic heterocycles. The molecule has 0 radical (unpaired) electrons. The highest BCUT2D eigenvalue weighted by Crippen LogP contribution is 2.35. The van der Waals surface area contributed by atoms with E-state index in [9.17, 15) is 18.0 Å². The molecule has 160 valence electrons. The van der Waals surface area contributed by atoms with Crippen LogP contribution in [0.2, 0.25) is 0 Å². The van der Waals surface area contributed by atoms with Crippen LogP contribution in [0.15, 0.2) is 94.3 Å². The molecular formula is C24H21BrO5S. The number of hydrogen-bond acceptors (Lipinski definition) is 5. The molecule has 7 heteroatoms. The normalized spacial score (nSPS) is 12.4. The van der Waals surface area contributed by atoms with Crippen molar-refractivity contribution in [2.45, 2.75) is 23.0 Å². The molecule has 0 heterocycles. The maximum Gasteiger partial charge on any atom is 0.376 e. The average molecular weight is 501 g/mol. The Morgan fingerprint density at radius 3 is 1.77 bits per heavy atom. The molecule has 0 aliphatic carbocycles. The van der Waals surface area contributed by atoms with Gasteiger partial charge < -0.3 is 4.74 Å². The molecule has 31 heavy (non-hydrogen) atoms. The van der Waals surface area contributed by atoms with Crippen molar-refractivity contribution in [3.05, 3.63) is 101 Å². The van der Waals surface area contributed by atoms with Gasteiger partial charge in [-0.25, -0.2) is 13.2 Å². The molecule has 3 aromatic rings. The van der Waals surface area contributed by atoms with Gasteiger partial charge in [-0.15, -0.1) is 0 Å². The van der Waals surface area contributed by atoms with Gasteiger partial charge in [0.25, 0.3) is 5.78 Å². The SMILES string of the molecule is CCOC(=O)C(=O)C(C(c1ccccc1)c1ccccc1)S(=O)(=O)c1ccc(Br)cc1. The van der Waals surface area contributed by atoms with Crippen LogP contribution in [0.5, 0.6) is 0 Å². The molecule has 0 aliphatic rings. The van der Waals surface area contributed by atoms with Crippen LogP contribution >= 0.6 is 15.9 Å². The second-order valence-electron chi connectivity index (χ2n) is 6.80. The predicted molar refractivity (Wildman–Crippen MR) is 121 cm³/mol. The Hall–Kier alpha value is -2.77. The first kappa shape index (κ1) is 22.9. The van der Waals surface area contributed by atoms with E-state index < -0.39 is 32.8 Å². The molecule has 0 spiro atoms. The predicted octanol–water partition coefficient (Wildman–Crippen LogP) is 4.56. The Bertz CT molecular complexity index is 1100. The lowest BCUT2D eigenvalue weighted by molar-refractivity contribution is -0.153. The van der Waals surface area contributed by atoms with Crippen molar-refractivity contribution in [2.24, 2.45) is 0 Å². The summed E-state index contributed by atoms with van der Waals surface area (Å²) in [4.78, 5) is 25.6. The molecule has 0 bridgehead atoms. The number of esters is 1. The highest BCUT2D eigenvalue weighted by atomic mass is 79.9. The van der Waals surface area contributed by atoms with Crippen molar-refractivity contribution in [3.63, 3.8) is 0 Å². The summed E-state index contributed by atoms with van der Waals surface area (Å²) >= 11 is 3.29. The Labute approximate surface area is 190 Å². The van der Waals surface area contributed by atoms with Crippen molar-refractivity contribution in [1.29, 1.82) is 0 Å². The van der Waals surface area contributed by atoms with Gasteiger partial charge in [0, 0.05) is 10.4 Å². The van der Waals surface area contributed by atoms with Crippen LogP contribution < -0.4 is 0 Å². The van der Waals surface area contributed by atoms with Crippen molar-refractivity contribution >= 4 is 37.5 Å². The Balaban J connectivity index is 2.25. The van der Waals surface area contributed by atoms with Gasteiger partial charge in [-0.1, -0.05) is 76.6 Å². The van der Waals surface area contributed by atoms with Gasteiger partial charge >= 0.3 is 5.97 Å². The molecule has 3 rings (SSSR count). The molecule has 0 N–H and O–H groups in total. The lowest BCUT2D eigenvalue weighted by Gasteiger charge is -2.26. The van der Waals surface area contributed by atoms with Crippen LogP contribution in [0.25, 0.3) is 0 Å². The zero-order chi connectivity index (χ0) is 22.4. The van der Waals surface area contributed by atoms with E-state index >= 15 is 0 Å². The fraction of sp³-hybridized carbons (Fsp3) is 0.167. The van der Waals surface area contributed by atoms with E-state index in [-0.39, 0.29) is 11.5 Å². The first-order chi connectivity index (χ1) is 14.9. The van der Waals surface area contributed by atoms with Crippen molar-refractivity contribution in [1.82, 2.24) is 0 Å². The fourth-order valence-corrected chi connectivity index (χ4v) is 5.55. The van der Waals surface area contributed by atoms with Crippen molar-refractivity contribution in [3.8, 4) is 0 Å². The fourth-order valence-electron chi connectivity index (χ4n) is 3.42. The largest absolute Gasteiger partial charge is 0.460 e. The number of Topliss-reactive ketones (excluding diaryl/α,β-unsaturated/α-hetero) is 1. The first-order valence-corrected chi connectivity index (χ1v) is 12.0. The molecule has 0 saturated carbocycles.